The Balaban J connectivity index is 0.00000139. The van der Waals surface area contributed by atoms with Crippen LogP contribution in [-0.2, 0) is 41.8 Å². The Labute approximate surface area is 408 Å². The third kappa shape index (κ3) is 13.0. The van der Waals surface area contributed by atoms with Gasteiger partial charge in [0, 0.05) is 17.1 Å². The van der Waals surface area contributed by atoms with Crippen molar-refractivity contribution < 1.29 is 79.2 Å². The predicted octanol–water partition coefficient (Wildman–Crippen LogP) is 15.1. The fourth-order valence-electron chi connectivity index (χ4n) is 9.99. The van der Waals surface area contributed by atoms with Gasteiger partial charge in [0.1, 0.15) is 11.5 Å². The van der Waals surface area contributed by atoms with Crippen molar-refractivity contribution in [3.63, 3.8) is 0 Å². The summed E-state index contributed by atoms with van der Waals surface area (Å²) in [7, 11) is -1.01. The van der Waals surface area contributed by atoms with Gasteiger partial charge in [0.05, 0.1) is 36.5 Å². The molecular formula is C52H54F12FeO2P2. The number of hydrogen-bond donors (Lipinski definition) is 0. The van der Waals surface area contributed by atoms with Crippen LogP contribution in [0.15, 0.2) is 84.9 Å². The van der Waals surface area contributed by atoms with Crippen molar-refractivity contribution >= 4 is 42.4 Å². The first-order chi connectivity index (χ1) is 31.7. The number of rotatable bonds is 10. The van der Waals surface area contributed by atoms with E-state index in [4.69, 9.17) is 9.47 Å². The zero-order valence-electron chi connectivity index (χ0n) is 39.1. The van der Waals surface area contributed by atoms with Gasteiger partial charge in [-0.1, -0.05) is 69.7 Å². The van der Waals surface area contributed by atoms with E-state index >= 15 is 0 Å². The van der Waals surface area contributed by atoms with Gasteiger partial charge >= 0.3 is 24.7 Å². The molecule has 2 aliphatic rings. The number of ether oxygens (including phenoxy) is 2. The van der Waals surface area contributed by atoms with Crippen LogP contribution in [0.25, 0.3) is 0 Å². The molecule has 0 amide bonds. The molecular weight excluding hydrogens is 1000 g/mol. The molecule has 7 rings (SSSR count). The number of benzene rings is 5. The molecule has 2 fully saturated rings. The summed E-state index contributed by atoms with van der Waals surface area (Å²) >= 11 is 0. The van der Waals surface area contributed by atoms with Crippen LogP contribution < -0.4 is 36.0 Å². The molecule has 69 heavy (non-hydrogen) atoms. The van der Waals surface area contributed by atoms with Gasteiger partial charge in [0.25, 0.3) is 0 Å². The Morgan fingerprint density at radius 2 is 0.826 bits per heavy atom. The number of alkyl halides is 12. The SMILES string of the molecule is C1CCCC1.COc1c(C)cc(P(c2cc(C)c(OC)c(C)c2)c2ccccc2C2CCCC2C(C)P(c2cc(C(F)(F)F)cc(C(F)(F)F)c2)c2cc(C(F)(F)F)cc(C(F)(F)F)c2)cc1C.[Fe]. The standard InChI is InChI=1S/C47H44F12O2P2.C5H10.Fe/c1-25-15-34(16-26(2)42(25)60-6)63(35-17-27(3)43(61-7)28(4)18-35)41-14-9-8-11-40(41)39-13-10-12-38(39)29(5)62(36-21-30(44(48,49)50)19-31(22-36)45(51,52)53)37-23-32(46(54,55)56)20-33(24-37)47(57,58)59;1-2-4-5-3-1;/h8-9,11,14-24,29,38-39H,10,12-13H2,1-7H3;1-5H2;. The van der Waals surface area contributed by atoms with Crippen molar-refractivity contribution in [1.82, 2.24) is 0 Å². The second-order valence-electron chi connectivity index (χ2n) is 17.7. The van der Waals surface area contributed by atoms with Crippen molar-refractivity contribution in [3.8, 4) is 11.5 Å². The molecule has 0 radical (unpaired) electrons. The van der Waals surface area contributed by atoms with E-state index in [1.54, 1.807) is 14.2 Å². The van der Waals surface area contributed by atoms with Crippen LogP contribution in [0.5, 0.6) is 11.5 Å². The van der Waals surface area contributed by atoms with Gasteiger partial charge < -0.3 is 9.47 Å². The monoisotopic (exact) mass is 1060 g/mol. The normalized spacial score (nSPS) is 17.1. The Hall–Kier alpha value is -3.76. The van der Waals surface area contributed by atoms with E-state index in [-0.39, 0.29) is 29.2 Å². The van der Waals surface area contributed by atoms with Crippen molar-refractivity contribution in [1.29, 1.82) is 0 Å². The van der Waals surface area contributed by atoms with Gasteiger partial charge in [-0.15, -0.1) is 0 Å². The summed E-state index contributed by atoms with van der Waals surface area (Å²) in [4.78, 5) is 0. The van der Waals surface area contributed by atoms with E-state index in [1.807, 2.05) is 76.2 Å². The van der Waals surface area contributed by atoms with Gasteiger partial charge in [-0.05, 0) is 189 Å². The number of methoxy groups -OCH3 is 2. The van der Waals surface area contributed by atoms with Crippen LogP contribution in [0, 0.1) is 33.6 Å². The molecule has 17 heteroatoms. The number of halogens is 12. The number of hydrogen-bond acceptors (Lipinski definition) is 2. The average Bonchev–Trinajstić information content (AvgIpc) is 4.00. The summed E-state index contributed by atoms with van der Waals surface area (Å²) in [5, 5.41) is 1.53. The van der Waals surface area contributed by atoms with Gasteiger partial charge in [0.2, 0.25) is 0 Å². The minimum Gasteiger partial charge on any atom is -0.496 e. The van der Waals surface area contributed by atoms with Crippen molar-refractivity contribution in [2.45, 2.75) is 122 Å². The van der Waals surface area contributed by atoms with E-state index in [9.17, 15) is 52.7 Å². The maximum Gasteiger partial charge on any atom is 0.416 e. The van der Waals surface area contributed by atoms with Crippen LogP contribution in [0.1, 0.15) is 114 Å². The smallest absolute Gasteiger partial charge is 0.416 e. The molecule has 2 aliphatic carbocycles. The zero-order valence-corrected chi connectivity index (χ0v) is 42.0. The molecule has 5 aromatic rings. The molecule has 376 valence electrons. The van der Waals surface area contributed by atoms with Crippen LogP contribution in [0.2, 0.25) is 0 Å². The molecule has 2 saturated carbocycles. The molecule has 5 aromatic carbocycles. The summed E-state index contributed by atoms with van der Waals surface area (Å²) in [5.74, 6) is 0.371. The first kappa shape index (κ1) is 56.2. The summed E-state index contributed by atoms with van der Waals surface area (Å²) in [6, 6.07) is 17.2. The third-order valence-corrected chi connectivity index (χ3v) is 18.2. The summed E-state index contributed by atoms with van der Waals surface area (Å²) in [6.07, 6.45) is -12.4. The third-order valence-electron chi connectivity index (χ3n) is 12.9. The van der Waals surface area contributed by atoms with E-state index in [2.05, 4.69) is 0 Å². The largest absolute Gasteiger partial charge is 0.496 e. The van der Waals surface area contributed by atoms with E-state index in [1.165, 1.54) is 39.0 Å². The van der Waals surface area contributed by atoms with Crippen LogP contribution in [0.4, 0.5) is 52.7 Å². The average molecular weight is 1060 g/mol. The molecule has 3 unspecified atom stereocenters. The van der Waals surface area contributed by atoms with Crippen LogP contribution in [0.3, 0.4) is 0 Å². The molecule has 0 spiro atoms. The molecule has 0 aromatic heterocycles. The van der Waals surface area contributed by atoms with E-state index < -0.39 is 90.9 Å². The van der Waals surface area contributed by atoms with Gasteiger partial charge in [-0.25, -0.2) is 0 Å². The van der Waals surface area contributed by atoms with Crippen LogP contribution >= 0.6 is 15.8 Å². The maximum atomic E-state index is 14.3. The first-order valence-electron chi connectivity index (χ1n) is 22.3. The molecule has 0 bridgehead atoms. The van der Waals surface area contributed by atoms with Gasteiger partial charge in [-0.3, -0.25) is 0 Å². The molecule has 0 aliphatic heterocycles. The van der Waals surface area contributed by atoms with Crippen molar-refractivity contribution in [3.05, 3.63) is 135 Å². The van der Waals surface area contributed by atoms with Crippen LogP contribution in [-0.4, -0.2) is 19.9 Å². The Bertz CT molecular complexity index is 2310. The summed E-state index contributed by atoms with van der Waals surface area (Å²) in [5.41, 5.74) is -3.58. The fourth-order valence-corrected chi connectivity index (χ4v) is 16.0. The maximum absolute atomic E-state index is 14.3. The van der Waals surface area contributed by atoms with Crippen molar-refractivity contribution in [2.24, 2.45) is 5.92 Å². The molecule has 0 N–H and O–H groups in total. The van der Waals surface area contributed by atoms with Gasteiger partial charge in [0.15, 0.2) is 0 Å². The quantitative estimate of drug-likeness (QED) is 0.0788. The summed E-state index contributed by atoms with van der Waals surface area (Å²) < 4.78 is 183. The second kappa shape index (κ2) is 22.3. The predicted molar refractivity (Wildman–Crippen MR) is 249 cm³/mol. The fraction of sp³-hybridized carbons (Fsp3) is 0.423. The van der Waals surface area contributed by atoms with E-state index in [0.29, 0.717) is 55.0 Å². The molecule has 0 heterocycles. The Morgan fingerprint density at radius 3 is 1.16 bits per heavy atom. The first-order valence-corrected chi connectivity index (χ1v) is 25.1. The topological polar surface area (TPSA) is 18.5 Å². The second-order valence-corrected chi connectivity index (χ2v) is 22.5. The van der Waals surface area contributed by atoms with E-state index in [0.717, 1.165) is 43.7 Å². The Morgan fingerprint density at radius 1 is 0.478 bits per heavy atom. The zero-order chi connectivity index (χ0) is 50.1. The van der Waals surface area contributed by atoms with Crippen molar-refractivity contribution in [2.75, 3.05) is 14.2 Å². The molecule has 0 saturated heterocycles. The summed E-state index contributed by atoms with van der Waals surface area (Å²) in [6.45, 7) is 9.21. The Kier molecular flexibility index (Phi) is 18.2. The minimum absolute atomic E-state index is 0. The number of aryl methyl sites for hydroxylation is 4. The van der Waals surface area contributed by atoms with Gasteiger partial charge in [-0.2, -0.15) is 52.7 Å². The molecule has 2 nitrogen and oxygen atoms in total. The minimum atomic E-state index is -5.33. The molecule has 3 atom stereocenters.